The fourth-order valence-corrected chi connectivity index (χ4v) is 1.68. The lowest BCUT2D eigenvalue weighted by atomic mass is 10.3. The molecule has 0 aromatic carbocycles. The van der Waals surface area contributed by atoms with Crippen molar-refractivity contribution in [2.45, 2.75) is 5.33 Å². The van der Waals surface area contributed by atoms with Gasteiger partial charge in [-0.1, -0.05) is 15.9 Å². The lowest BCUT2D eigenvalue weighted by molar-refractivity contribution is 0.406. The smallest absolute Gasteiger partial charge is 0.155 e. The molecule has 2 nitrogen and oxygen atoms in total. The van der Waals surface area contributed by atoms with Gasteiger partial charge in [-0.05, 0) is 22.0 Å². The van der Waals surface area contributed by atoms with Crippen LogP contribution >= 0.6 is 31.9 Å². The third-order valence-corrected chi connectivity index (χ3v) is 2.42. The average Bonchev–Trinajstić information content (AvgIpc) is 2.04. The lowest BCUT2D eigenvalue weighted by Gasteiger charge is -2.05. The molecule has 0 aliphatic heterocycles. The Labute approximate surface area is 82.2 Å². The Morgan fingerprint density at radius 1 is 1.64 bits per heavy atom. The molecule has 4 heteroatoms. The zero-order chi connectivity index (χ0) is 8.27. The van der Waals surface area contributed by atoms with Crippen molar-refractivity contribution in [3.05, 3.63) is 22.4 Å². The van der Waals surface area contributed by atoms with Crippen LogP contribution in [0.15, 0.2) is 16.7 Å². The number of alkyl halides is 1. The predicted octanol–water partition coefficient (Wildman–Crippen LogP) is 2.75. The third-order valence-electron chi connectivity index (χ3n) is 1.26. The van der Waals surface area contributed by atoms with Gasteiger partial charge in [0.15, 0.2) is 5.75 Å². The second kappa shape index (κ2) is 4.07. The Morgan fingerprint density at radius 3 is 2.82 bits per heavy atom. The highest BCUT2D eigenvalue weighted by Crippen LogP contribution is 2.27. The van der Waals surface area contributed by atoms with Gasteiger partial charge in [-0.2, -0.15) is 0 Å². The Hall–Kier alpha value is -0.0900. The largest absolute Gasteiger partial charge is 0.494 e. The van der Waals surface area contributed by atoms with E-state index in [4.69, 9.17) is 4.74 Å². The number of rotatable bonds is 2. The second-order valence-electron chi connectivity index (χ2n) is 1.91. The number of hydrogen-bond donors (Lipinski definition) is 0. The average molecular weight is 281 g/mol. The van der Waals surface area contributed by atoms with E-state index in [-0.39, 0.29) is 0 Å². The Balaban J connectivity index is 3.13. The van der Waals surface area contributed by atoms with Crippen LogP contribution in [0.3, 0.4) is 0 Å². The molecule has 1 heterocycles. The van der Waals surface area contributed by atoms with Gasteiger partial charge in [0, 0.05) is 11.5 Å². The first-order valence-corrected chi connectivity index (χ1v) is 4.94. The van der Waals surface area contributed by atoms with E-state index in [1.807, 2.05) is 6.07 Å². The van der Waals surface area contributed by atoms with E-state index in [1.165, 1.54) is 0 Å². The SMILES string of the molecule is COc1c(Br)ccnc1CBr. The molecule has 1 rings (SSSR count). The Kier molecular flexibility index (Phi) is 3.33. The second-order valence-corrected chi connectivity index (χ2v) is 3.32. The molecule has 0 saturated heterocycles. The molecular weight excluding hydrogens is 274 g/mol. The normalized spacial score (nSPS) is 9.73. The molecule has 0 spiro atoms. The number of hydrogen-bond acceptors (Lipinski definition) is 2. The lowest BCUT2D eigenvalue weighted by Crippen LogP contribution is -1.92. The number of aromatic nitrogens is 1. The first kappa shape index (κ1) is 9.00. The van der Waals surface area contributed by atoms with Crippen molar-refractivity contribution in [2.75, 3.05) is 7.11 Å². The van der Waals surface area contributed by atoms with Crippen molar-refractivity contribution >= 4 is 31.9 Å². The summed E-state index contributed by atoms with van der Waals surface area (Å²) in [6, 6.07) is 1.85. The number of nitrogens with zero attached hydrogens (tertiary/aromatic N) is 1. The number of ether oxygens (including phenoxy) is 1. The van der Waals surface area contributed by atoms with Crippen LogP contribution in [0.4, 0.5) is 0 Å². The van der Waals surface area contributed by atoms with Crippen molar-refractivity contribution in [1.29, 1.82) is 0 Å². The highest BCUT2D eigenvalue weighted by molar-refractivity contribution is 9.10. The first-order valence-electron chi connectivity index (χ1n) is 3.03. The maximum atomic E-state index is 5.13. The van der Waals surface area contributed by atoms with Gasteiger partial charge in [0.25, 0.3) is 0 Å². The summed E-state index contributed by atoms with van der Waals surface area (Å²) in [7, 11) is 1.63. The molecule has 1 aromatic heterocycles. The first-order chi connectivity index (χ1) is 5.29. The van der Waals surface area contributed by atoms with Gasteiger partial charge in [-0.3, -0.25) is 4.98 Å². The molecule has 0 aliphatic carbocycles. The minimum atomic E-state index is 0.704. The summed E-state index contributed by atoms with van der Waals surface area (Å²) < 4.78 is 6.06. The highest BCUT2D eigenvalue weighted by Gasteiger charge is 2.05. The van der Waals surface area contributed by atoms with E-state index in [0.29, 0.717) is 5.33 Å². The maximum Gasteiger partial charge on any atom is 0.155 e. The molecule has 0 amide bonds. The minimum Gasteiger partial charge on any atom is -0.494 e. The van der Waals surface area contributed by atoms with Crippen LogP contribution in [-0.2, 0) is 5.33 Å². The topological polar surface area (TPSA) is 22.1 Å². The summed E-state index contributed by atoms with van der Waals surface area (Å²) in [5, 5.41) is 0.704. The molecule has 0 unspecified atom stereocenters. The van der Waals surface area contributed by atoms with Gasteiger partial charge in [0.05, 0.1) is 17.3 Å². The molecule has 0 radical (unpaired) electrons. The minimum absolute atomic E-state index is 0.704. The van der Waals surface area contributed by atoms with Crippen molar-refractivity contribution in [1.82, 2.24) is 4.98 Å². The quantitative estimate of drug-likeness (QED) is 0.777. The van der Waals surface area contributed by atoms with E-state index in [2.05, 4.69) is 36.8 Å². The van der Waals surface area contributed by atoms with Crippen molar-refractivity contribution < 1.29 is 4.74 Å². The molecular formula is C7H7Br2NO. The fraction of sp³-hybridized carbons (Fsp3) is 0.286. The van der Waals surface area contributed by atoms with Crippen LogP contribution in [0.5, 0.6) is 5.75 Å². The van der Waals surface area contributed by atoms with Crippen LogP contribution < -0.4 is 4.74 Å². The van der Waals surface area contributed by atoms with Crippen LogP contribution in [-0.4, -0.2) is 12.1 Å². The molecule has 0 atom stereocenters. The number of pyridine rings is 1. The van der Waals surface area contributed by atoms with Gasteiger partial charge in [-0.25, -0.2) is 0 Å². The van der Waals surface area contributed by atoms with Crippen LogP contribution in [0.2, 0.25) is 0 Å². The molecule has 0 fully saturated rings. The molecule has 1 aromatic rings. The monoisotopic (exact) mass is 279 g/mol. The molecule has 60 valence electrons. The predicted molar refractivity (Wildman–Crippen MR) is 51.1 cm³/mol. The van der Waals surface area contributed by atoms with E-state index in [9.17, 15) is 0 Å². The summed E-state index contributed by atoms with van der Waals surface area (Å²) in [4.78, 5) is 4.13. The number of halogens is 2. The molecule has 0 saturated carbocycles. The van der Waals surface area contributed by atoms with Gasteiger partial charge < -0.3 is 4.74 Å². The zero-order valence-corrected chi connectivity index (χ0v) is 9.15. The summed E-state index contributed by atoms with van der Waals surface area (Å²) in [6.07, 6.45) is 1.74. The van der Waals surface area contributed by atoms with Crippen molar-refractivity contribution in [2.24, 2.45) is 0 Å². The standard InChI is InChI=1S/C7H7Br2NO/c1-11-7-5(9)2-3-10-6(7)4-8/h2-3H,4H2,1H3. The maximum absolute atomic E-state index is 5.13. The summed E-state index contributed by atoms with van der Waals surface area (Å²) >= 11 is 6.68. The molecule has 0 bridgehead atoms. The summed E-state index contributed by atoms with van der Waals surface area (Å²) in [6.45, 7) is 0. The van der Waals surface area contributed by atoms with E-state index in [0.717, 1.165) is 15.9 Å². The van der Waals surface area contributed by atoms with E-state index < -0.39 is 0 Å². The Bertz CT molecular complexity index is 252. The van der Waals surface area contributed by atoms with E-state index >= 15 is 0 Å². The van der Waals surface area contributed by atoms with Gasteiger partial charge in [0.2, 0.25) is 0 Å². The van der Waals surface area contributed by atoms with Gasteiger partial charge in [0.1, 0.15) is 0 Å². The van der Waals surface area contributed by atoms with Gasteiger partial charge >= 0.3 is 0 Å². The van der Waals surface area contributed by atoms with Crippen LogP contribution in [0.1, 0.15) is 5.69 Å². The molecule has 11 heavy (non-hydrogen) atoms. The van der Waals surface area contributed by atoms with Crippen LogP contribution in [0.25, 0.3) is 0 Å². The molecule has 0 N–H and O–H groups in total. The van der Waals surface area contributed by atoms with Crippen molar-refractivity contribution in [3.63, 3.8) is 0 Å². The van der Waals surface area contributed by atoms with Gasteiger partial charge in [-0.15, -0.1) is 0 Å². The highest BCUT2D eigenvalue weighted by atomic mass is 79.9. The zero-order valence-electron chi connectivity index (χ0n) is 5.97. The summed E-state index contributed by atoms with van der Waals surface area (Å²) in [5.74, 6) is 0.796. The van der Waals surface area contributed by atoms with E-state index in [1.54, 1.807) is 13.3 Å². The summed E-state index contributed by atoms with van der Waals surface area (Å²) in [5.41, 5.74) is 0.905. The fourth-order valence-electron chi connectivity index (χ4n) is 0.775. The number of methoxy groups -OCH3 is 1. The van der Waals surface area contributed by atoms with Crippen LogP contribution in [0, 0.1) is 0 Å². The molecule has 0 aliphatic rings. The van der Waals surface area contributed by atoms with Crippen molar-refractivity contribution in [3.8, 4) is 5.75 Å². The Morgan fingerprint density at radius 2 is 2.36 bits per heavy atom. The third kappa shape index (κ3) is 1.93.